The fourth-order valence-electron chi connectivity index (χ4n) is 3.97. The number of benzene rings is 2. The van der Waals surface area contributed by atoms with E-state index in [4.69, 9.17) is 0 Å². The van der Waals surface area contributed by atoms with E-state index in [1.165, 1.54) is 6.08 Å². The van der Waals surface area contributed by atoms with Gasteiger partial charge in [0.2, 0.25) is 5.91 Å². The summed E-state index contributed by atoms with van der Waals surface area (Å²) in [4.78, 5) is 26.0. The third kappa shape index (κ3) is 3.94. The normalized spacial score (nSPS) is 13.7. The van der Waals surface area contributed by atoms with Gasteiger partial charge in [-0.1, -0.05) is 34.6 Å². The molecule has 1 aliphatic rings. The molecule has 30 heavy (non-hydrogen) atoms. The summed E-state index contributed by atoms with van der Waals surface area (Å²) in [5.74, 6) is 0.275. The molecule has 2 aromatic carbocycles. The lowest BCUT2D eigenvalue weighted by molar-refractivity contribution is -0.134. The Morgan fingerprint density at radius 3 is 2.77 bits per heavy atom. The van der Waals surface area contributed by atoms with Crippen molar-refractivity contribution >= 4 is 38.5 Å². The maximum Gasteiger partial charge on any atom is 0.245 e. The summed E-state index contributed by atoms with van der Waals surface area (Å²) in [6.45, 7) is 5.00. The van der Waals surface area contributed by atoms with Gasteiger partial charge in [-0.25, -0.2) is 0 Å². The summed E-state index contributed by atoms with van der Waals surface area (Å²) in [5, 5.41) is 10.3. The molecule has 1 aromatic heterocycles. The second kappa shape index (κ2) is 8.29. The summed E-state index contributed by atoms with van der Waals surface area (Å²) in [7, 11) is 0. The van der Waals surface area contributed by atoms with Crippen molar-refractivity contribution in [1.82, 2.24) is 9.47 Å². The fraction of sp³-hybridized carbons (Fsp3) is 0.208. The number of halogens is 1. The number of likely N-dealkylation sites (tertiary alicyclic amines) is 1. The van der Waals surface area contributed by atoms with Crippen LogP contribution in [0.5, 0.6) is 0 Å². The quantitative estimate of drug-likeness (QED) is 0.505. The van der Waals surface area contributed by atoms with E-state index in [0.29, 0.717) is 25.1 Å². The van der Waals surface area contributed by atoms with Crippen LogP contribution in [0.1, 0.15) is 12.0 Å². The zero-order valence-corrected chi connectivity index (χ0v) is 17.9. The number of amides is 1. The Hall–Kier alpha value is -3.17. The average Bonchev–Trinajstić information content (AvgIpc) is 3.07. The third-order valence-corrected chi connectivity index (χ3v) is 5.95. The highest BCUT2D eigenvalue weighted by Crippen LogP contribution is 2.33. The number of aromatic nitrogens is 1. The van der Waals surface area contributed by atoms with Crippen LogP contribution in [0.2, 0.25) is 0 Å². The van der Waals surface area contributed by atoms with E-state index in [1.54, 1.807) is 11.0 Å². The highest BCUT2D eigenvalue weighted by atomic mass is 79.9. The van der Waals surface area contributed by atoms with Gasteiger partial charge in [-0.2, -0.15) is 5.26 Å². The van der Waals surface area contributed by atoms with Crippen molar-refractivity contribution < 1.29 is 9.59 Å². The standard InChI is InChI=1S/C24H20BrN3O2/c1-2-24(30)28-12-17(13-28)9-20(29)14-27-15-22(18-5-3-4-16(8-18)11-26)21-10-19(25)6-7-23(21)27/h2-8,10,15,17H,1,9,12-14H2. The van der Waals surface area contributed by atoms with Crippen LogP contribution in [0.15, 0.2) is 65.8 Å². The van der Waals surface area contributed by atoms with Crippen molar-refractivity contribution in [3.05, 3.63) is 71.4 Å². The molecular formula is C24H20BrN3O2. The number of nitriles is 1. The maximum absolute atomic E-state index is 12.7. The fourth-order valence-corrected chi connectivity index (χ4v) is 4.33. The van der Waals surface area contributed by atoms with Gasteiger partial charge in [-0.05, 0) is 42.0 Å². The highest BCUT2D eigenvalue weighted by molar-refractivity contribution is 9.10. The first-order valence-electron chi connectivity index (χ1n) is 9.70. The summed E-state index contributed by atoms with van der Waals surface area (Å²) >= 11 is 3.53. The lowest BCUT2D eigenvalue weighted by atomic mass is 9.94. The second-order valence-electron chi connectivity index (χ2n) is 7.58. The molecule has 1 amide bonds. The number of carbonyl (C=O) groups excluding carboxylic acids is 2. The molecule has 6 heteroatoms. The predicted octanol–water partition coefficient (Wildman–Crippen LogP) is 4.55. The largest absolute Gasteiger partial charge is 0.339 e. The second-order valence-corrected chi connectivity index (χ2v) is 8.50. The number of rotatable bonds is 6. The van der Waals surface area contributed by atoms with Gasteiger partial charge < -0.3 is 9.47 Å². The summed E-state index contributed by atoms with van der Waals surface area (Å²) in [5.41, 5.74) is 3.51. The molecule has 0 unspecified atom stereocenters. The Labute approximate surface area is 183 Å². The molecule has 1 fully saturated rings. The SMILES string of the molecule is C=CC(=O)N1CC(CC(=O)Cn2cc(-c3cccc(C#N)c3)c3cc(Br)ccc32)C1. The van der Waals surface area contributed by atoms with Gasteiger partial charge in [0, 0.05) is 52.6 Å². The molecule has 4 rings (SSSR count). The smallest absolute Gasteiger partial charge is 0.245 e. The van der Waals surface area contributed by atoms with Crippen LogP contribution in [0.4, 0.5) is 0 Å². The molecule has 1 aliphatic heterocycles. The molecule has 0 N–H and O–H groups in total. The molecule has 0 saturated carbocycles. The van der Waals surface area contributed by atoms with Gasteiger partial charge in [0.15, 0.2) is 5.78 Å². The van der Waals surface area contributed by atoms with E-state index in [9.17, 15) is 14.9 Å². The van der Waals surface area contributed by atoms with Crippen LogP contribution < -0.4 is 0 Å². The van der Waals surface area contributed by atoms with E-state index in [-0.39, 0.29) is 24.2 Å². The number of hydrogen-bond acceptors (Lipinski definition) is 3. The van der Waals surface area contributed by atoms with Crippen LogP contribution in [-0.2, 0) is 16.1 Å². The number of carbonyl (C=O) groups is 2. The van der Waals surface area contributed by atoms with Crippen LogP contribution in [0, 0.1) is 17.2 Å². The third-order valence-electron chi connectivity index (χ3n) is 5.45. The summed E-state index contributed by atoms with van der Waals surface area (Å²) in [6.07, 6.45) is 3.75. The Balaban J connectivity index is 1.57. The minimum Gasteiger partial charge on any atom is -0.339 e. The van der Waals surface area contributed by atoms with Crippen LogP contribution in [0.25, 0.3) is 22.0 Å². The van der Waals surface area contributed by atoms with Gasteiger partial charge in [-0.3, -0.25) is 9.59 Å². The first-order valence-corrected chi connectivity index (χ1v) is 10.5. The first-order chi connectivity index (χ1) is 14.5. The molecule has 5 nitrogen and oxygen atoms in total. The Bertz CT molecular complexity index is 1200. The molecule has 3 aromatic rings. The molecule has 0 atom stereocenters. The Kier molecular flexibility index (Phi) is 5.56. The van der Waals surface area contributed by atoms with Crippen molar-refractivity contribution in [3.8, 4) is 17.2 Å². The molecule has 1 saturated heterocycles. The number of nitrogens with zero attached hydrogens (tertiary/aromatic N) is 3. The number of ketones is 1. The minimum atomic E-state index is -0.0788. The highest BCUT2D eigenvalue weighted by Gasteiger charge is 2.30. The maximum atomic E-state index is 12.7. The summed E-state index contributed by atoms with van der Waals surface area (Å²) < 4.78 is 2.93. The number of fused-ring (bicyclic) bond motifs is 1. The van der Waals surface area contributed by atoms with Crippen molar-refractivity contribution in [2.45, 2.75) is 13.0 Å². The predicted molar refractivity (Wildman–Crippen MR) is 120 cm³/mol. The van der Waals surface area contributed by atoms with Crippen molar-refractivity contribution in [1.29, 1.82) is 5.26 Å². The molecule has 0 spiro atoms. The van der Waals surface area contributed by atoms with E-state index in [0.717, 1.165) is 26.5 Å². The van der Waals surface area contributed by atoms with Crippen LogP contribution in [0.3, 0.4) is 0 Å². The summed E-state index contributed by atoms with van der Waals surface area (Å²) in [6, 6.07) is 15.7. The average molecular weight is 462 g/mol. The Morgan fingerprint density at radius 2 is 2.03 bits per heavy atom. The molecule has 0 bridgehead atoms. The van der Waals surface area contributed by atoms with Crippen molar-refractivity contribution in [2.75, 3.05) is 13.1 Å². The Morgan fingerprint density at radius 1 is 1.23 bits per heavy atom. The van der Waals surface area contributed by atoms with Gasteiger partial charge >= 0.3 is 0 Å². The minimum absolute atomic E-state index is 0.0788. The van der Waals surface area contributed by atoms with E-state index >= 15 is 0 Å². The molecule has 150 valence electrons. The molecule has 0 radical (unpaired) electrons. The molecule has 2 heterocycles. The van der Waals surface area contributed by atoms with Gasteiger partial charge in [0.05, 0.1) is 18.2 Å². The van der Waals surface area contributed by atoms with Gasteiger partial charge in [-0.15, -0.1) is 0 Å². The topological polar surface area (TPSA) is 66.1 Å². The van der Waals surface area contributed by atoms with Crippen LogP contribution in [-0.4, -0.2) is 34.2 Å². The van der Waals surface area contributed by atoms with Crippen molar-refractivity contribution in [2.24, 2.45) is 5.92 Å². The zero-order chi connectivity index (χ0) is 21.3. The van der Waals surface area contributed by atoms with E-state index in [1.807, 2.05) is 47.2 Å². The van der Waals surface area contributed by atoms with Gasteiger partial charge in [0.25, 0.3) is 0 Å². The molecular weight excluding hydrogens is 442 g/mol. The lowest BCUT2D eigenvalue weighted by Crippen LogP contribution is -2.50. The van der Waals surface area contributed by atoms with Crippen LogP contribution >= 0.6 is 15.9 Å². The first kappa shape index (κ1) is 20.1. The monoisotopic (exact) mass is 461 g/mol. The van der Waals surface area contributed by atoms with Gasteiger partial charge in [0.1, 0.15) is 0 Å². The molecule has 0 aliphatic carbocycles. The zero-order valence-electron chi connectivity index (χ0n) is 16.3. The number of Topliss-reactive ketones (excluding diaryl/α,β-unsaturated/α-hetero) is 1. The van der Waals surface area contributed by atoms with E-state index < -0.39 is 0 Å². The number of hydrogen-bond donors (Lipinski definition) is 0. The van der Waals surface area contributed by atoms with E-state index in [2.05, 4.69) is 28.6 Å². The lowest BCUT2D eigenvalue weighted by Gasteiger charge is -2.38. The van der Waals surface area contributed by atoms with Crippen molar-refractivity contribution in [3.63, 3.8) is 0 Å².